The van der Waals surface area contributed by atoms with E-state index in [0.29, 0.717) is 17.9 Å². The van der Waals surface area contributed by atoms with E-state index in [4.69, 9.17) is 9.72 Å². The molecule has 37 heavy (non-hydrogen) atoms. The van der Waals surface area contributed by atoms with E-state index < -0.39 is 0 Å². The minimum Gasteiger partial charge on any atom is -0.457 e. The number of benzene rings is 2. The first-order valence-electron chi connectivity index (χ1n) is 12.7. The molecule has 0 amide bonds. The molecule has 2 aromatic carbocycles. The Bertz CT molecular complexity index is 1610. The summed E-state index contributed by atoms with van der Waals surface area (Å²) >= 11 is 0. The van der Waals surface area contributed by atoms with Crippen molar-refractivity contribution in [3.05, 3.63) is 66.7 Å². The van der Waals surface area contributed by atoms with Gasteiger partial charge < -0.3 is 24.8 Å². The van der Waals surface area contributed by atoms with Gasteiger partial charge in [-0.15, -0.1) is 0 Å². The molecule has 0 saturated carbocycles. The summed E-state index contributed by atoms with van der Waals surface area (Å²) in [7, 11) is 1.98. The third-order valence-electron chi connectivity index (χ3n) is 7.47. The smallest absolute Gasteiger partial charge is 0.160 e. The highest BCUT2D eigenvalue weighted by atomic mass is 16.5. The van der Waals surface area contributed by atoms with Crippen molar-refractivity contribution < 1.29 is 4.74 Å². The van der Waals surface area contributed by atoms with Crippen LogP contribution in [0.3, 0.4) is 0 Å². The minimum absolute atomic E-state index is 0.498. The van der Waals surface area contributed by atoms with Gasteiger partial charge in [0.1, 0.15) is 29.2 Å². The van der Waals surface area contributed by atoms with E-state index in [0.717, 1.165) is 63.7 Å². The summed E-state index contributed by atoms with van der Waals surface area (Å²) in [5.74, 6) is 3.26. The van der Waals surface area contributed by atoms with Crippen LogP contribution in [0, 0.1) is 6.92 Å². The second-order valence-corrected chi connectivity index (χ2v) is 9.92. The highest BCUT2D eigenvalue weighted by molar-refractivity contribution is 5.88. The van der Waals surface area contributed by atoms with E-state index in [-0.39, 0.29) is 0 Å². The number of anilines is 3. The lowest BCUT2D eigenvalue weighted by Gasteiger charge is -2.36. The van der Waals surface area contributed by atoms with Gasteiger partial charge in [-0.1, -0.05) is 0 Å². The number of nitrogens with zero attached hydrogens (tertiary/aromatic N) is 6. The van der Waals surface area contributed by atoms with Gasteiger partial charge in [0.05, 0.1) is 22.9 Å². The maximum atomic E-state index is 6.19. The van der Waals surface area contributed by atoms with Crippen LogP contribution in [-0.2, 0) is 7.05 Å². The number of hydrogen-bond acceptors (Lipinski definition) is 8. The minimum atomic E-state index is 0.498. The van der Waals surface area contributed by atoms with Crippen molar-refractivity contribution in [3.8, 4) is 11.5 Å². The molecule has 5 heterocycles. The zero-order valence-electron chi connectivity index (χ0n) is 20.8. The lowest BCUT2D eigenvalue weighted by molar-refractivity contribution is 0.479. The third-order valence-corrected chi connectivity index (χ3v) is 7.47. The van der Waals surface area contributed by atoms with E-state index in [1.165, 1.54) is 12.8 Å². The molecular weight excluding hydrogens is 464 g/mol. The summed E-state index contributed by atoms with van der Waals surface area (Å²) in [5.41, 5.74) is 5.51. The van der Waals surface area contributed by atoms with Crippen molar-refractivity contribution in [1.29, 1.82) is 0 Å². The Labute approximate surface area is 214 Å². The molecule has 2 fully saturated rings. The zero-order chi connectivity index (χ0) is 24.9. The maximum absolute atomic E-state index is 6.19. The van der Waals surface area contributed by atoms with Gasteiger partial charge in [-0.05, 0) is 67.8 Å². The predicted molar refractivity (Wildman–Crippen MR) is 145 cm³/mol. The van der Waals surface area contributed by atoms with Gasteiger partial charge in [0.2, 0.25) is 0 Å². The summed E-state index contributed by atoms with van der Waals surface area (Å²) in [5, 5.41) is 7.00. The van der Waals surface area contributed by atoms with Crippen LogP contribution < -0.4 is 20.3 Å². The summed E-state index contributed by atoms with van der Waals surface area (Å²) in [6.45, 7) is 4.06. The van der Waals surface area contributed by atoms with Crippen molar-refractivity contribution in [2.45, 2.75) is 31.8 Å². The highest BCUT2D eigenvalue weighted by Crippen LogP contribution is 2.34. The van der Waals surface area contributed by atoms with Crippen LogP contribution in [-0.4, -0.2) is 49.7 Å². The number of aryl methyl sites for hydroxylation is 2. The van der Waals surface area contributed by atoms with E-state index in [1.54, 1.807) is 6.33 Å². The van der Waals surface area contributed by atoms with Crippen LogP contribution in [0.15, 0.2) is 61.2 Å². The average molecular weight is 493 g/mol. The first-order chi connectivity index (χ1) is 18.1. The monoisotopic (exact) mass is 492 g/mol. The number of imidazole rings is 1. The van der Waals surface area contributed by atoms with E-state index in [2.05, 4.69) is 42.6 Å². The second kappa shape index (κ2) is 8.70. The largest absolute Gasteiger partial charge is 0.457 e. The van der Waals surface area contributed by atoms with Crippen LogP contribution in [0.4, 0.5) is 17.3 Å². The van der Waals surface area contributed by atoms with Gasteiger partial charge in [-0.25, -0.2) is 19.9 Å². The Morgan fingerprint density at radius 2 is 1.81 bits per heavy atom. The molecule has 186 valence electrons. The van der Waals surface area contributed by atoms with Crippen molar-refractivity contribution in [1.82, 2.24) is 29.8 Å². The lowest BCUT2D eigenvalue weighted by atomic mass is 10.2. The number of piperazine rings is 1. The molecule has 0 radical (unpaired) electrons. The average Bonchev–Trinajstić information content (AvgIpc) is 3.40. The molecule has 2 aliphatic heterocycles. The fraction of sp³-hybridized carbons (Fsp3) is 0.286. The van der Waals surface area contributed by atoms with Crippen LogP contribution in [0.25, 0.3) is 22.1 Å². The van der Waals surface area contributed by atoms with Gasteiger partial charge in [-0.3, -0.25) is 0 Å². The number of nitrogens with one attached hydrogen (secondary N) is 2. The molecule has 0 aliphatic carbocycles. The Kier molecular flexibility index (Phi) is 5.17. The number of hydrogen-bond donors (Lipinski definition) is 2. The van der Waals surface area contributed by atoms with Gasteiger partial charge in [-0.2, -0.15) is 0 Å². The summed E-state index contributed by atoms with van der Waals surface area (Å²) in [6.07, 6.45) is 5.80. The Morgan fingerprint density at radius 3 is 2.65 bits per heavy atom. The van der Waals surface area contributed by atoms with Gasteiger partial charge in [0.25, 0.3) is 0 Å². The molecule has 2 N–H and O–H groups in total. The topological polar surface area (TPSA) is 93.0 Å². The summed E-state index contributed by atoms with van der Waals surface area (Å²) in [4.78, 5) is 20.9. The van der Waals surface area contributed by atoms with Crippen LogP contribution >= 0.6 is 0 Å². The van der Waals surface area contributed by atoms with Crippen molar-refractivity contribution in [2.24, 2.45) is 7.05 Å². The van der Waals surface area contributed by atoms with Crippen molar-refractivity contribution in [3.63, 3.8) is 0 Å². The molecule has 0 spiro atoms. The first kappa shape index (κ1) is 22.0. The molecule has 3 aromatic heterocycles. The highest BCUT2D eigenvalue weighted by Gasteiger charge is 2.37. The Morgan fingerprint density at radius 1 is 0.946 bits per heavy atom. The molecule has 2 saturated heterocycles. The van der Waals surface area contributed by atoms with Crippen LogP contribution in [0.1, 0.15) is 18.4 Å². The fourth-order valence-electron chi connectivity index (χ4n) is 5.60. The number of aromatic nitrogens is 5. The zero-order valence-corrected chi connectivity index (χ0v) is 20.8. The first-order valence-corrected chi connectivity index (χ1v) is 12.7. The molecule has 2 atom stereocenters. The number of rotatable bonds is 5. The molecule has 7 rings (SSSR count). The van der Waals surface area contributed by atoms with Gasteiger partial charge in [0.15, 0.2) is 5.82 Å². The normalized spacial score (nSPS) is 19.0. The van der Waals surface area contributed by atoms with Crippen molar-refractivity contribution >= 4 is 39.4 Å². The maximum Gasteiger partial charge on any atom is 0.160 e. The molecule has 2 bridgehead atoms. The van der Waals surface area contributed by atoms with Crippen LogP contribution in [0.2, 0.25) is 0 Å². The SMILES string of the molecule is Cc1cc(Nc2ncnc3ccc(N4C5CCC4CNC5)nc23)ccc1Oc1ccc2c(c1)ncn2C. The number of fused-ring (bicyclic) bond motifs is 4. The van der Waals surface area contributed by atoms with Gasteiger partial charge >= 0.3 is 0 Å². The predicted octanol–water partition coefficient (Wildman–Crippen LogP) is 4.70. The Hall–Kier alpha value is -4.24. The van der Waals surface area contributed by atoms with E-state index in [1.807, 2.05) is 61.3 Å². The second-order valence-electron chi connectivity index (χ2n) is 9.92. The van der Waals surface area contributed by atoms with Gasteiger partial charge in [0, 0.05) is 44.0 Å². The van der Waals surface area contributed by atoms with Crippen LogP contribution in [0.5, 0.6) is 11.5 Å². The summed E-state index contributed by atoms with van der Waals surface area (Å²) in [6, 6.07) is 17.1. The van der Waals surface area contributed by atoms with E-state index >= 15 is 0 Å². The quantitative estimate of drug-likeness (QED) is 0.365. The summed E-state index contributed by atoms with van der Waals surface area (Å²) < 4.78 is 8.18. The molecule has 9 nitrogen and oxygen atoms in total. The molecule has 9 heteroatoms. The van der Waals surface area contributed by atoms with E-state index in [9.17, 15) is 0 Å². The lowest BCUT2D eigenvalue weighted by Crippen LogP contribution is -2.52. The molecular formula is C28H28N8O. The number of ether oxygens (including phenoxy) is 1. The Balaban J connectivity index is 1.15. The molecule has 2 unspecified atom stereocenters. The van der Waals surface area contributed by atoms with Crippen molar-refractivity contribution in [2.75, 3.05) is 23.3 Å². The standard InChI is InChI=1S/C28H28N8O/c1-17-11-18(3-9-25(17)37-21-6-8-24-23(12-21)32-16-35(24)2)33-28-27-22(30-15-31-28)7-10-26(34-27)36-19-4-5-20(36)14-29-13-19/h3,6-12,15-16,19-20,29H,4-5,13-14H2,1-2H3,(H,30,31,33). The fourth-order valence-corrected chi connectivity index (χ4v) is 5.60. The third kappa shape index (κ3) is 3.92. The molecule has 2 aliphatic rings. The molecule has 5 aromatic rings. The number of pyridine rings is 1.